The summed E-state index contributed by atoms with van der Waals surface area (Å²) in [6.07, 6.45) is 7.62. The summed E-state index contributed by atoms with van der Waals surface area (Å²) in [6.45, 7) is 0.217. The molecule has 6 nitrogen and oxygen atoms in total. The molecule has 0 aliphatic heterocycles. The van der Waals surface area contributed by atoms with Crippen LogP contribution in [-0.4, -0.2) is 26.1 Å². The van der Waals surface area contributed by atoms with Gasteiger partial charge in [-0.1, -0.05) is 0 Å². The molecule has 24 heavy (non-hydrogen) atoms. The second kappa shape index (κ2) is 6.52. The molecule has 0 fully saturated rings. The SMILES string of the molecule is O=C(OCc1csc(-c2ccncc2)n1)C1CCc2[nH]ncc2C1. The van der Waals surface area contributed by atoms with Crippen molar-refractivity contribution in [1.82, 2.24) is 20.2 Å². The average molecular weight is 340 g/mol. The number of esters is 1. The number of rotatable bonds is 4. The third kappa shape index (κ3) is 3.07. The van der Waals surface area contributed by atoms with Gasteiger partial charge in [0.25, 0.3) is 0 Å². The Morgan fingerprint density at radius 3 is 3.12 bits per heavy atom. The molecule has 0 saturated heterocycles. The first kappa shape index (κ1) is 15.0. The van der Waals surface area contributed by atoms with Crippen molar-refractivity contribution in [3.05, 3.63) is 53.1 Å². The van der Waals surface area contributed by atoms with Crippen molar-refractivity contribution in [2.24, 2.45) is 5.92 Å². The van der Waals surface area contributed by atoms with Gasteiger partial charge in [-0.05, 0) is 37.0 Å². The fraction of sp³-hybridized carbons (Fsp3) is 0.294. The van der Waals surface area contributed by atoms with Gasteiger partial charge in [0.05, 0.1) is 17.8 Å². The number of aromatic amines is 1. The Bertz CT molecular complexity index is 843. The zero-order chi connectivity index (χ0) is 16.4. The van der Waals surface area contributed by atoms with Gasteiger partial charge in [-0.15, -0.1) is 11.3 Å². The number of carbonyl (C=O) groups is 1. The third-order valence-corrected chi connectivity index (χ3v) is 5.13. The first-order valence-corrected chi connectivity index (χ1v) is 8.70. The number of pyridine rings is 1. The minimum Gasteiger partial charge on any atom is -0.459 e. The van der Waals surface area contributed by atoms with E-state index in [1.807, 2.05) is 17.5 Å². The highest BCUT2D eigenvalue weighted by molar-refractivity contribution is 7.13. The van der Waals surface area contributed by atoms with Crippen LogP contribution >= 0.6 is 11.3 Å². The van der Waals surface area contributed by atoms with E-state index in [-0.39, 0.29) is 18.5 Å². The number of carbonyl (C=O) groups excluding carboxylic acids is 1. The maximum Gasteiger partial charge on any atom is 0.309 e. The maximum absolute atomic E-state index is 12.3. The van der Waals surface area contributed by atoms with Crippen LogP contribution in [0.1, 0.15) is 23.4 Å². The highest BCUT2D eigenvalue weighted by atomic mass is 32.1. The zero-order valence-corrected chi connectivity index (χ0v) is 13.8. The van der Waals surface area contributed by atoms with E-state index in [4.69, 9.17) is 4.74 Å². The lowest BCUT2D eigenvalue weighted by molar-refractivity contribution is -0.150. The lowest BCUT2D eigenvalue weighted by Gasteiger charge is -2.19. The van der Waals surface area contributed by atoms with Crippen molar-refractivity contribution in [3.8, 4) is 10.6 Å². The first-order valence-electron chi connectivity index (χ1n) is 7.82. The molecule has 0 saturated carbocycles. The Hall–Kier alpha value is -2.54. The van der Waals surface area contributed by atoms with Crippen LogP contribution in [0.5, 0.6) is 0 Å². The van der Waals surface area contributed by atoms with Crippen molar-refractivity contribution in [3.63, 3.8) is 0 Å². The van der Waals surface area contributed by atoms with Gasteiger partial charge in [-0.2, -0.15) is 5.10 Å². The van der Waals surface area contributed by atoms with E-state index in [9.17, 15) is 4.79 Å². The monoisotopic (exact) mass is 340 g/mol. The second-order valence-corrected chi connectivity index (χ2v) is 6.66. The quantitative estimate of drug-likeness (QED) is 0.739. The van der Waals surface area contributed by atoms with Gasteiger partial charge in [0.1, 0.15) is 11.6 Å². The molecule has 1 atom stereocenters. The van der Waals surface area contributed by atoms with Crippen molar-refractivity contribution in [1.29, 1.82) is 0 Å². The molecule has 0 aromatic carbocycles. The minimum atomic E-state index is -0.152. The predicted molar refractivity (Wildman–Crippen MR) is 89.2 cm³/mol. The van der Waals surface area contributed by atoms with E-state index in [0.717, 1.165) is 40.4 Å². The molecule has 122 valence electrons. The molecular formula is C17H16N4O2S. The van der Waals surface area contributed by atoms with Crippen LogP contribution in [-0.2, 0) is 29.0 Å². The number of nitrogens with one attached hydrogen (secondary N) is 1. The number of H-pyrrole nitrogens is 1. The molecule has 0 radical (unpaired) electrons. The molecule has 0 amide bonds. The van der Waals surface area contributed by atoms with Crippen molar-refractivity contribution < 1.29 is 9.53 Å². The summed E-state index contributed by atoms with van der Waals surface area (Å²) in [5.74, 6) is -0.242. The van der Waals surface area contributed by atoms with Gasteiger partial charge in [0, 0.05) is 29.0 Å². The van der Waals surface area contributed by atoms with Crippen LogP contribution in [0.4, 0.5) is 0 Å². The molecule has 0 spiro atoms. The third-order valence-electron chi connectivity index (χ3n) is 4.19. The molecule has 0 bridgehead atoms. The molecule has 1 unspecified atom stereocenters. The largest absolute Gasteiger partial charge is 0.459 e. The maximum atomic E-state index is 12.3. The lowest BCUT2D eigenvalue weighted by Crippen LogP contribution is -2.24. The van der Waals surface area contributed by atoms with Crippen LogP contribution in [0, 0.1) is 5.92 Å². The summed E-state index contributed by atoms with van der Waals surface area (Å²) in [7, 11) is 0. The lowest BCUT2D eigenvalue weighted by atomic mass is 9.88. The van der Waals surface area contributed by atoms with E-state index in [2.05, 4.69) is 20.2 Å². The summed E-state index contributed by atoms with van der Waals surface area (Å²) in [5.41, 5.74) is 4.06. The standard InChI is InChI=1S/C17H16N4O2S/c22-17(12-1-2-15-13(7-12)8-19-21-15)23-9-14-10-24-16(20-14)11-3-5-18-6-4-11/h3-6,8,10,12H,1-2,7,9H2,(H,19,21). The van der Waals surface area contributed by atoms with Crippen LogP contribution in [0.25, 0.3) is 10.6 Å². The van der Waals surface area contributed by atoms with Crippen molar-refractivity contribution in [2.45, 2.75) is 25.9 Å². The van der Waals surface area contributed by atoms with Gasteiger partial charge >= 0.3 is 5.97 Å². The Morgan fingerprint density at radius 1 is 1.38 bits per heavy atom. The topological polar surface area (TPSA) is 80.8 Å². The van der Waals surface area contributed by atoms with Crippen molar-refractivity contribution in [2.75, 3.05) is 0 Å². The number of aromatic nitrogens is 4. The van der Waals surface area contributed by atoms with Gasteiger partial charge in [-0.25, -0.2) is 4.98 Å². The van der Waals surface area contributed by atoms with E-state index < -0.39 is 0 Å². The number of fused-ring (bicyclic) bond motifs is 1. The Morgan fingerprint density at radius 2 is 2.25 bits per heavy atom. The molecule has 7 heteroatoms. The van der Waals surface area contributed by atoms with Gasteiger partial charge in [0.15, 0.2) is 0 Å². The Balaban J connectivity index is 1.36. The highest BCUT2D eigenvalue weighted by Crippen LogP contribution is 2.26. The second-order valence-electron chi connectivity index (χ2n) is 5.80. The van der Waals surface area contributed by atoms with E-state index >= 15 is 0 Å². The van der Waals surface area contributed by atoms with Crippen LogP contribution in [0.2, 0.25) is 0 Å². The van der Waals surface area contributed by atoms with Gasteiger partial charge in [-0.3, -0.25) is 14.9 Å². The number of hydrogen-bond acceptors (Lipinski definition) is 6. The van der Waals surface area contributed by atoms with Crippen LogP contribution in [0.3, 0.4) is 0 Å². The summed E-state index contributed by atoms with van der Waals surface area (Å²) in [4.78, 5) is 20.8. The summed E-state index contributed by atoms with van der Waals surface area (Å²) < 4.78 is 5.47. The summed E-state index contributed by atoms with van der Waals surface area (Å²) in [6, 6.07) is 3.83. The van der Waals surface area contributed by atoms with Crippen molar-refractivity contribution >= 4 is 17.3 Å². The number of hydrogen-bond donors (Lipinski definition) is 1. The normalized spacial score (nSPS) is 16.6. The van der Waals surface area contributed by atoms with E-state index in [1.165, 1.54) is 11.3 Å². The van der Waals surface area contributed by atoms with Crippen LogP contribution < -0.4 is 0 Å². The zero-order valence-electron chi connectivity index (χ0n) is 12.9. The van der Waals surface area contributed by atoms with Gasteiger partial charge in [0.2, 0.25) is 0 Å². The number of thiazole rings is 1. The number of nitrogens with zero attached hydrogens (tertiary/aromatic N) is 3. The smallest absolute Gasteiger partial charge is 0.309 e. The van der Waals surface area contributed by atoms with Crippen LogP contribution in [0.15, 0.2) is 36.1 Å². The molecule has 3 aromatic rings. The number of aryl methyl sites for hydroxylation is 1. The summed E-state index contributed by atoms with van der Waals surface area (Å²) >= 11 is 1.54. The van der Waals surface area contributed by atoms with Gasteiger partial charge < -0.3 is 4.74 Å². The number of ether oxygens (including phenoxy) is 1. The van der Waals surface area contributed by atoms with E-state index in [0.29, 0.717) is 6.42 Å². The molecule has 1 N–H and O–H groups in total. The Labute approximate surface area is 142 Å². The molecule has 3 heterocycles. The molecule has 3 aromatic heterocycles. The first-order chi connectivity index (χ1) is 11.8. The average Bonchev–Trinajstić information content (AvgIpc) is 3.29. The Kier molecular flexibility index (Phi) is 4.08. The predicted octanol–water partition coefficient (Wildman–Crippen LogP) is 2.78. The fourth-order valence-corrected chi connectivity index (χ4v) is 3.69. The molecule has 1 aliphatic carbocycles. The summed E-state index contributed by atoms with van der Waals surface area (Å²) in [5, 5.41) is 9.85. The molecule has 4 rings (SSSR count). The molecular weight excluding hydrogens is 324 g/mol. The minimum absolute atomic E-state index is 0.0894. The highest BCUT2D eigenvalue weighted by Gasteiger charge is 2.27. The molecule has 1 aliphatic rings. The fourth-order valence-electron chi connectivity index (χ4n) is 2.88. The van der Waals surface area contributed by atoms with E-state index in [1.54, 1.807) is 18.6 Å².